The molecule has 0 saturated carbocycles. The van der Waals surface area contributed by atoms with E-state index in [1.165, 1.54) is 12.1 Å². The minimum absolute atomic E-state index is 0.0778. The van der Waals surface area contributed by atoms with Crippen molar-refractivity contribution in [2.24, 2.45) is 0 Å². The smallest absolute Gasteiger partial charge is 0.335 e. The molecule has 1 aliphatic rings. The largest absolute Gasteiger partial charge is 0.478 e. The van der Waals surface area contributed by atoms with Gasteiger partial charge in [0.25, 0.3) is 5.91 Å². The highest BCUT2D eigenvalue weighted by Gasteiger charge is 2.31. The second-order valence-corrected chi connectivity index (χ2v) is 7.72. The van der Waals surface area contributed by atoms with Crippen molar-refractivity contribution in [3.8, 4) is 11.1 Å². The minimum atomic E-state index is -0.976. The van der Waals surface area contributed by atoms with Crippen LogP contribution in [0.25, 0.3) is 11.1 Å². The van der Waals surface area contributed by atoms with E-state index < -0.39 is 11.8 Å². The fraction of sp³-hybridized carbons (Fsp3) is 0.240. The van der Waals surface area contributed by atoms with Gasteiger partial charge in [0.15, 0.2) is 0 Å². The number of carboxylic acid groups (broad SMARTS) is 1. The van der Waals surface area contributed by atoms with Crippen LogP contribution in [0.5, 0.6) is 0 Å². The zero-order valence-electron chi connectivity index (χ0n) is 17.2. The van der Waals surface area contributed by atoms with Crippen LogP contribution in [0.2, 0.25) is 0 Å². The number of amides is 1. The Hall–Kier alpha value is -3.54. The minimum Gasteiger partial charge on any atom is -0.478 e. The number of benzene rings is 2. The average Bonchev–Trinajstić information content (AvgIpc) is 3.28. The summed E-state index contributed by atoms with van der Waals surface area (Å²) < 4.78 is 13.1. The normalized spacial score (nSPS) is 15.8. The van der Waals surface area contributed by atoms with E-state index in [0.717, 1.165) is 34.9 Å². The van der Waals surface area contributed by atoms with Crippen molar-refractivity contribution < 1.29 is 19.1 Å². The third-order valence-corrected chi connectivity index (χ3v) is 5.85. The van der Waals surface area contributed by atoms with Gasteiger partial charge in [-0.3, -0.25) is 4.79 Å². The Morgan fingerprint density at radius 3 is 2.68 bits per heavy atom. The molecule has 3 aromatic rings. The number of pyridine rings is 1. The number of aromatic carboxylic acids is 1. The molecule has 31 heavy (non-hydrogen) atoms. The second kappa shape index (κ2) is 8.68. The monoisotopic (exact) mass is 418 g/mol. The summed E-state index contributed by atoms with van der Waals surface area (Å²) in [7, 11) is 0. The molecule has 5 nitrogen and oxygen atoms in total. The number of hydrogen-bond donors (Lipinski definition) is 1. The Labute approximate surface area is 180 Å². The van der Waals surface area contributed by atoms with Crippen LogP contribution >= 0.6 is 0 Å². The van der Waals surface area contributed by atoms with Crippen LogP contribution in [0, 0.1) is 5.82 Å². The van der Waals surface area contributed by atoms with Gasteiger partial charge in [-0.15, -0.1) is 0 Å². The fourth-order valence-electron chi connectivity index (χ4n) is 4.24. The molecule has 0 bridgehead atoms. The Balaban J connectivity index is 1.60. The van der Waals surface area contributed by atoms with Gasteiger partial charge < -0.3 is 10.0 Å². The maximum absolute atomic E-state index is 13.1. The molecule has 1 amide bonds. The molecule has 1 unspecified atom stereocenters. The van der Waals surface area contributed by atoms with E-state index in [4.69, 9.17) is 0 Å². The molecule has 158 valence electrons. The molecule has 0 spiro atoms. The fourth-order valence-corrected chi connectivity index (χ4v) is 4.24. The third-order valence-electron chi connectivity index (χ3n) is 5.85. The Kier molecular flexibility index (Phi) is 5.80. The summed E-state index contributed by atoms with van der Waals surface area (Å²) in [5, 5.41) is 9.88. The predicted octanol–water partition coefficient (Wildman–Crippen LogP) is 4.78. The lowest BCUT2D eigenvalue weighted by molar-refractivity contribution is 0.0695. The molecule has 1 fully saturated rings. The third kappa shape index (κ3) is 4.19. The molecule has 2 heterocycles. The Morgan fingerprint density at radius 2 is 1.97 bits per heavy atom. The number of carbonyl (C=O) groups is 2. The first-order valence-corrected chi connectivity index (χ1v) is 10.3. The van der Waals surface area contributed by atoms with Crippen molar-refractivity contribution >= 4 is 11.9 Å². The Morgan fingerprint density at radius 1 is 1.16 bits per heavy atom. The van der Waals surface area contributed by atoms with Gasteiger partial charge in [-0.25, -0.2) is 14.2 Å². The van der Waals surface area contributed by atoms with E-state index in [1.54, 1.807) is 11.0 Å². The first-order valence-electron chi connectivity index (χ1n) is 10.3. The summed E-state index contributed by atoms with van der Waals surface area (Å²) in [5.41, 5.74) is 4.25. The first-order chi connectivity index (χ1) is 15.0. The topological polar surface area (TPSA) is 70.5 Å². The number of nitrogens with zero attached hydrogens (tertiary/aromatic N) is 2. The number of hydrogen-bond acceptors (Lipinski definition) is 3. The van der Waals surface area contributed by atoms with Gasteiger partial charge in [-0.1, -0.05) is 43.3 Å². The highest BCUT2D eigenvalue weighted by Crippen LogP contribution is 2.34. The zero-order valence-corrected chi connectivity index (χ0v) is 17.2. The van der Waals surface area contributed by atoms with Gasteiger partial charge in [0.1, 0.15) is 11.5 Å². The lowest BCUT2D eigenvalue weighted by atomic mass is 9.89. The van der Waals surface area contributed by atoms with Gasteiger partial charge in [0.2, 0.25) is 0 Å². The molecule has 2 aromatic carbocycles. The van der Waals surface area contributed by atoms with Crippen molar-refractivity contribution in [2.75, 3.05) is 13.1 Å². The summed E-state index contributed by atoms with van der Waals surface area (Å²) in [6, 6.07) is 16.1. The summed E-state index contributed by atoms with van der Waals surface area (Å²) in [6.45, 7) is 2.98. The molecule has 6 heteroatoms. The van der Waals surface area contributed by atoms with Gasteiger partial charge in [0.05, 0.1) is 11.8 Å². The van der Waals surface area contributed by atoms with Crippen molar-refractivity contribution in [3.05, 3.63) is 89.0 Å². The lowest BCUT2D eigenvalue weighted by Gasteiger charge is -2.18. The van der Waals surface area contributed by atoms with Gasteiger partial charge >= 0.3 is 5.97 Å². The number of rotatable bonds is 5. The number of aromatic nitrogens is 1. The van der Waals surface area contributed by atoms with E-state index in [1.807, 2.05) is 36.4 Å². The molecular weight excluding hydrogens is 395 g/mol. The second-order valence-electron chi connectivity index (χ2n) is 7.72. The van der Waals surface area contributed by atoms with Crippen LogP contribution in [-0.4, -0.2) is 40.0 Å². The lowest BCUT2D eigenvalue weighted by Crippen LogP contribution is -2.29. The SMILES string of the molecule is CCc1ccccc1-c1ccc(C2CCN(C(=O)c3ccc(F)cn3)C2)c(C(=O)O)c1. The van der Waals surface area contributed by atoms with Crippen LogP contribution in [0.15, 0.2) is 60.8 Å². The quantitative estimate of drug-likeness (QED) is 0.648. The van der Waals surface area contributed by atoms with Crippen LogP contribution < -0.4 is 0 Å². The molecule has 1 atom stereocenters. The van der Waals surface area contributed by atoms with Gasteiger partial charge in [-0.2, -0.15) is 0 Å². The number of carbonyl (C=O) groups excluding carboxylic acids is 1. The highest BCUT2D eigenvalue weighted by atomic mass is 19.1. The molecule has 4 rings (SSSR count). The van der Waals surface area contributed by atoms with Crippen LogP contribution in [-0.2, 0) is 6.42 Å². The molecule has 0 aliphatic carbocycles. The highest BCUT2D eigenvalue weighted by molar-refractivity contribution is 5.93. The number of carboxylic acids is 1. The van der Waals surface area contributed by atoms with E-state index in [-0.39, 0.29) is 23.1 Å². The van der Waals surface area contributed by atoms with E-state index in [9.17, 15) is 19.1 Å². The van der Waals surface area contributed by atoms with Gasteiger partial charge in [0, 0.05) is 19.0 Å². The van der Waals surface area contributed by atoms with Crippen LogP contribution in [0.1, 0.15) is 51.2 Å². The maximum atomic E-state index is 13.1. The standard InChI is InChI=1S/C25H23FN2O3/c1-2-16-5-3-4-6-20(16)17-7-9-21(22(13-17)25(30)31)18-11-12-28(15-18)24(29)23-10-8-19(26)14-27-23/h3-10,13-14,18H,2,11-12,15H2,1H3,(H,30,31). The summed E-state index contributed by atoms with van der Waals surface area (Å²) in [4.78, 5) is 30.3. The van der Waals surface area contributed by atoms with E-state index >= 15 is 0 Å². The summed E-state index contributed by atoms with van der Waals surface area (Å²) in [5.74, 6) is -1.82. The van der Waals surface area contributed by atoms with Crippen LogP contribution in [0.4, 0.5) is 4.39 Å². The predicted molar refractivity (Wildman–Crippen MR) is 116 cm³/mol. The van der Waals surface area contributed by atoms with Crippen LogP contribution in [0.3, 0.4) is 0 Å². The molecule has 0 radical (unpaired) electrons. The average molecular weight is 418 g/mol. The molecule has 1 N–H and O–H groups in total. The van der Waals surface area contributed by atoms with Gasteiger partial charge in [-0.05, 0) is 53.3 Å². The number of halogens is 1. The Bertz CT molecular complexity index is 1130. The van der Waals surface area contributed by atoms with E-state index in [0.29, 0.717) is 19.5 Å². The molecule has 1 saturated heterocycles. The van der Waals surface area contributed by atoms with E-state index in [2.05, 4.69) is 11.9 Å². The number of likely N-dealkylation sites (tertiary alicyclic amines) is 1. The van der Waals surface area contributed by atoms with Crippen molar-refractivity contribution in [1.82, 2.24) is 9.88 Å². The van der Waals surface area contributed by atoms with Crippen molar-refractivity contribution in [3.63, 3.8) is 0 Å². The summed E-state index contributed by atoms with van der Waals surface area (Å²) >= 11 is 0. The number of aryl methyl sites for hydroxylation is 1. The molecule has 1 aromatic heterocycles. The maximum Gasteiger partial charge on any atom is 0.335 e. The zero-order chi connectivity index (χ0) is 22.0. The first kappa shape index (κ1) is 20.7. The van der Waals surface area contributed by atoms with Crippen molar-refractivity contribution in [1.29, 1.82) is 0 Å². The summed E-state index contributed by atoms with van der Waals surface area (Å²) in [6.07, 6.45) is 2.55. The molecule has 1 aliphatic heterocycles. The molecular formula is C25H23FN2O3. The van der Waals surface area contributed by atoms with Crippen molar-refractivity contribution in [2.45, 2.75) is 25.7 Å².